The number of carbonyl (C=O) groups is 3. The lowest BCUT2D eigenvalue weighted by Gasteiger charge is -2.37. The maximum Gasteiger partial charge on any atom is 0.306 e. The molecule has 8 nitrogen and oxygen atoms in total. The number of hydrogen-bond donors (Lipinski definition) is 3. The molecule has 1 aromatic rings. The molecule has 172 valence electrons. The van der Waals surface area contributed by atoms with Crippen LogP contribution in [0.2, 0.25) is 0 Å². The molecule has 0 spiro atoms. The van der Waals surface area contributed by atoms with Gasteiger partial charge >= 0.3 is 5.97 Å². The van der Waals surface area contributed by atoms with Crippen molar-refractivity contribution in [2.24, 2.45) is 11.8 Å². The fourth-order valence-electron chi connectivity index (χ4n) is 3.96. The Morgan fingerprint density at radius 3 is 2.45 bits per heavy atom. The number of benzene rings is 1. The fourth-order valence-corrected chi connectivity index (χ4v) is 3.96. The monoisotopic (exact) mass is 432 g/mol. The number of carboxylic acids is 1. The second kappa shape index (κ2) is 11.8. The van der Waals surface area contributed by atoms with Crippen LogP contribution in [0, 0.1) is 11.8 Å². The summed E-state index contributed by atoms with van der Waals surface area (Å²) in [7, 11) is 5.60. The van der Waals surface area contributed by atoms with Gasteiger partial charge in [0.1, 0.15) is 6.04 Å². The number of amides is 2. The molecule has 3 atom stereocenters. The molecule has 1 aliphatic heterocycles. The van der Waals surface area contributed by atoms with Gasteiger partial charge in [0.25, 0.3) is 0 Å². The van der Waals surface area contributed by atoms with Crippen LogP contribution in [-0.2, 0) is 27.3 Å². The van der Waals surface area contributed by atoms with Crippen molar-refractivity contribution >= 4 is 17.8 Å². The molecular weight excluding hydrogens is 396 g/mol. The van der Waals surface area contributed by atoms with E-state index in [9.17, 15) is 19.5 Å². The summed E-state index contributed by atoms with van der Waals surface area (Å²) >= 11 is 0. The maximum atomic E-state index is 13.4. The highest BCUT2D eigenvalue weighted by atomic mass is 16.4. The highest BCUT2D eigenvalue weighted by molar-refractivity contribution is 5.88. The van der Waals surface area contributed by atoms with Crippen molar-refractivity contribution in [3.8, 4) is 0 Å². The van der Waals surface area contributed by atoms with Crippen LogP contribution in [0.25, 0.3) is 0 Å². The smallest absolute Gasteiger partial charge is 0.306 e. The Balaban J connectivity index is 2.13. The topological polar surface area (TPSA) is 102 Å². The van der Waals surface area contributed by atoms with Crippen LogP contribution < -0.4 is 10.7 Å². The highest BCUT2D eigenvalue weighted by Crippen LogP contribution is 2.24. The van der Waals surface area contributed by atoms with Gasteiger partial charge < -0.3 is 15.3 Å². The number of carbonyl (C=O) groups excluding carboxylic acids is 2. The van der Waals surface area contributed by atoms with Gasteiger partial charge in [-0.3, -0.25) is 19.4 Å². The van der Waals surface area contributed by atoms with Crippen molar-refractivity contribution in [1.29, 1.82) is 0 Å². The molecule has 0 aromatic heterocycles. The number of rotatable bonds is 10. The molecule has 0 radical (unpaired) electrons. The number of likely N-dealkylation sites (N-methyl/N-ethyl adjacent to an activating group) is 1. The summed E-state index contributed by atoms with van der Waals surface area (Å²) in [5, 5.41) is 13.4. The summed E-state index contributed by atoms with van der Waals surface area (Å²) in [6.45, 7) is 3.10. The molecule has 8 heteroatoms. The predicted molar refractivity (Wildman–Crippen MR) is 119 cm³/mol. The maximum absolute atomic E-state index is 13.4. The van der Waals surface area contributed by atoms with E-state index in [1.54, 1.807) is 14.0 Å². The second-order valence-electron chi connectivity index (χ2n) is 8.65. The first-order chi connectivity index (χ1) is 14.7. The van der Waals surface area contributed by atoms with Gasteiger partial charge in [0, 0.05) is 26.1 Å². The van der Waals surface area contributed by atoms with E-state index in [1.165, 1.54) is 10.6 Å². The predicted octanol–water partition coefficient (Wildman–Crippen LogP) is 1.65. The molecule has 3 unspecified atom stereocenters. The van der Waals surface area contributed by atoms with Crippen molar-refractivity contribution in [1.82, 2.24) is 20.7 Å². The molecule has 2 amide bonds. The molecule has 0 saturated carbocycles. The summed E-state index contributed by atoms with van der Waals surface area (Å²) in [6, 6.07) is 7.72. The lowest BCUT2D eigenvalue weighted by Crippen LogP contribution is -2.59. The third-order valence-corrected chi connectivity index (χ3v) is 5.75. The third-order valence-electron chi connectivity index (χ3n) is 5.75. The Morgan fingerprint density at radius 2 is 1.87 bits per heavy atom. The third kappa shape index (κ3) is 7.33. The number of aryl methyl sites for hydroxylation is 1. The van der Waals surface area contributed by atoms with Crippen LogP contribution in [0.4, 0.5) is 0 Å². The molecule has 0 aliphatic carbocycles. The number of nitrogens with zero attached hydrogens (tertiary/aromatic N) is 2. The Morgan fingerprint density at radius 1 is 1.23 bits per heavy atom. The molecule has 1 aromatic carbocycles. The SMILES string of the molecule is CNC(=O)C1CCCNN1C(=O)C(CCc1ccc(CN(C)C)cc1)CC(C)C(=O)O. The van der Waals surface area contributed by atoms with E-state index in [2.05, 4.69) is 39.9 Å². The number of aliphatic carboxylic acids is 1. The summed E-state index contributed by atoms with van der Waals surface area (Å²) in [5.41, 5.74) is 5.39. The minimum atomic E-state index is -0.916. The molecule has 1 aliphatic rings. The Labute approximate surface area is 184 Å². The van der Waals surface area contributed by atoms with Crippen LogP contribution in [0.1, 0.15) is 43.7 Å². The average Bonchev–Trinajstić information content (AvgIpc) is 2.75. The van der Waals surface area contributed by atoms with Gasteiger partial charge in [0.2, 0.25) is 11.8 Å². The van der Waals surface area contributed by atoms with Crippen LogP contribution in [0.15, 0.2) is 24.3 Å². The van der Waals surface area contributed by atoms with Crippen molar-refractivity contribution in [3.05, 3.63) is 35.4 Å². The normalized spacial score (nSPS) is 18.5. The lowest BCUT2D eigenvalue weighted by molar-refractivity contribution is -0.151. The van der Waals surface area contributed by atoms with Crippen LogP contribution in [0.5, 0.6) is 0 Å². The Hall–Kier alpha value is -2.45. The molecule has 1 heterocycles. The van der Waals surface area contributed by atoms with Gasteiger partial charge in [-0.2, -0.15) is 0 Å². The quantitative estimate of drug-likeness (QED) is 0.520. The van der Waals surface area contributed by atoms with Gasteiger partial charge in [-0.1, -0.05) is 31.2 Å². The van der Waals surface area contributed by atoms with E-state index in [0.29, 0.717) is 25.8 Å². The summed E-state index contributed by atoms with van der Waals surface area (Å²) in [5.74, 6) is -2.45. The van der Waals surface area contributed by atoms with Gasteiger partial charge in [-0.15, -0.1) is 0 Å². The van der Waals surface area contributed by atoms with Gasteiger partial charge in [0.05, 0.1) is 5.92 Å². The van der Waals surface area contributed by atoms with E-state index >= 15 is 0 Å². The minimum absolute atomic E-state index is 0.203. The largest absolute Gasteiger partial charge is 0.481 e. The Bertz CT molecular complexity index is 750. The minimum Gasteiger partial charge on any atom is -0.481 e. The van der Waals surface area contributed by atoms with E-state index < -0.39 is 23.8 Å². The van der Waals surface area contributed by atoms with Gasteiger partial charge in [0.15, 0.2) is 0 Å². The Kier molecular flexibility index (Phi) is 9.45. The molecule has 0 bridgehead atoms. The second-order valence-corrected chi connectivity index (χ2v) is 8.65. The van der Waals surface area contributed by atoms with E-state index in [1.807, 2.05) is 14.1 Å². The zero-order chi connectivity index (χ0) is 23.0. The molecule has 2 rings (SSSR count). The number of hydrogen-bond acceptors (Lipinski definition) is 5. The highest BCUT2D eigenvalue weighted by Gasteiger charge is 2.36. The van der Waals surface area contributed by atoms with Crippen LogP contribution >= 0.6 is 0 Å². The lowest BCUT2D eigenvalue weighted by atomic mass is 9.88. The molecule has 3 N–H and O–H groups in total. The average molecular weight is 433 g/mol. The van der Waals surface area contributed by atoms with Gasteiger partial charge in [-0.05, 0) is 57.3 Å². The number of nitrogens with one attached hydrogen (secondary N) is 2. The van der Waals surface area contributed by atoms with Crippen molar-refractivity contribution in [2.75, 3.05) is 27.7 Å². The van der Waals surface area contributed by atoms with Crippen LogP contribution in [0.3, 0.4) is 0 Å². The van der Waals surface area contributed by atoms with E-state index in [0.717, 1.165) is 18.5 Å². The molecule has 1 fully saturated rings. The zero-order valence-corrected chi connectivity index (χ0v) is 19.1. The van der Waals surface area contributed by atoms with E-state index in [4.69, 9.17) is 0 Å². The summed E-state index contributed by atoms with van der Waals surface area (Å²) in [4.78, 5) is 39.2. The first-order valence-corrected chi connectivity index (χ1v) is 11.0. The van der Waals surface area contributed by atoms with Crippen molar-refractivity contribution in [3.63, 3.8) is 0 Å². The number of carboxylic acid groups (broad SMARTS) is 1. The van der Waals surface area contributed by atoms with Crippen molar-refractivity contribution in [2.45, 2.75) is 51.6 Å². The van der Waals surface area contributed by atoms with Gasteiger partial charge in [-0.25, -0.2) is 5.43 Å². The molecule has 1 saturated heterocycles. The molecular formula is C23H36N4O4. The summed E-state index contributed by atoms with van der Waals surface area (Å²) in [6.07, 6.45) is 2.83. The van der Waals surface area contributed by atoms with Crippen molar-refractivity contribution < 1.29 is 19.5 Å². The first kappa shape index (κ1) is 24.8. The van der Waals surface area contributed by atoms with Crippen LogP contribution in [-0.4, -0.2) is 66.5 Å². The zero-order valence-electron chi connectivity index (χ0n) is 19.1. The molecule has 31 heavy (non-hydrogen) atoms. The summed E-state index contributed by atoms with van der Waals surface area (Å²) < 4.78 is 0. The fraction of sp³-hybridized carbons (Fsp3) is 0.609. The standard InChI is InChI=1S/C23H36N4O4/c1-16(23(30)31)14-19(12-11-17-7-9-18(10-8-17)15-26(3)4)22(29)27-20(21(28)24-2)6-5-13-25-27/h7-10,16,19-20,25H,5-6,11-15H2,1-4H3,(H,24,28)(H,30,31). The van der Waals surface area contributed by atoms with E-state index in [-0.39, 0.29) is 18.2 Å². The number of hydrazine groups is 1. The first-order valence-electron chi connectivity index (χ1n) is 11.0.